The van der Waals surface area contributed by atoms with Gasteiger partial charge >= 0.3 is 0 Å². The highest BCUT2D eigenvalue weighted by molar-refractivity contribution is 9.10. The van der Waals surface area contributed by atoms with Gasteiger partial charge in [-0.15, -0.1) is 0 Å². The number of rotatable bonds is 2. The summed E-state index contributed by atoms with van der Waals surface area (Å²) in [7, 11) is 0. The van der Waals surface area contributed by atoms with Crippen molar-refractivity contribution in [2.45, 2.75) is 11.8 Å². The van der Waals surface area contributed by atoms with Gasteiger partial charge in [-0.3, -0.25) is 0 Å². The maximum Gasteiger partial charge on any atom is 0.137 e. The summed E-state index contributed by atoms with van der Waals surface area (Å²) in [6.07, 6.45) is 0. The van der Waals surface area contributed by atoms with Gasteiger partial charge in [-0.05, 0) is 58.2 Å². The lowest BCUT2D eigenvalue weighted by atomic mass is 10.00. The minimum absolute atomic E-state index is 0.0734. The monoisotopic (exact) mass is 392 g/mol. The van der Waals surface area contributed by atoms with Gasteiger partial charge in [0.15, 0.2) is 0 Å². The van der Waals surface area contributed by atoms with Gasteiger partial charge in [0.2, 0.25) is 0 Å². The highest BCUT2D eigenvalue weighted by atomic mass is 79.9. The minimum atomic E-state index is -0.541. The highest BCUT2D eigenvalue weighted by Gasteiger charge is 2.19. The Labute approximate surface area is 125 Å². The lowest BCUT2D eigenvalue weighted by molar-refractivity contribution is 0.582. The molecule has 0 aliphatic carbocycles. The van der Waals surface area contributed by atoms with Crippen LogP contribution < -0.4 is 0 Å². The van der Waals surface area contributed by atoms with E-state index in [4.69, 9.17) is 0 Å². The third-order valence-corrected chi connectivity index (χ3v) is 4.41. The number of halogens is 5. The SMILES string of the molecule is Cc1cc(F)ccc1C(Br)c1cc(F)c(Br)cc1F. The fourth-order valence-corrected chi connectivity index (χ4v) is 3.00. The summed E-state index contributed by atoms with van der Waals surface area (Å²) in [5.41, 5.74) is 1.54. The zero-order chi connectivity index (χ0) is 14.2. The van der Waals surface area contributed by atoms with Gasteiger partial charge in [0.1, 0.15) is 17.5 Å². The third kappa shape index (κ3) is 3.03. The van der Waals surface area contributed by atoms with Crippen LogP contribution in [0.2, 0.25) is 0 Å². The largest absolute Gasteiger partial charge is 0.207 e. The second-order valence-corrected chi connectivity index (χ2v) is 5.92. The van der Waals surface area contributed by atoms with Crippen molar-refractivity contribution in [3.63, 3.8) is 0 Å². The maximum absolute atomic E-state index is 13.9. The summed E-state index contributed by atoms with van der Waals surface area (Å²) in [5, 5.41) is 0. The normalized spacial score (nSPS) is 12.5. The smallest absolute Gasteiger partial charge is 0.137 e. The van der Waals surface area contributed by atoms with Crippen LogP contribution in [0.4, 0.5) is 13.2 Å². The fraction of sp³-hybridized carbons (Fsp3) is 0.143. The Balaban J connectivity index is 2.49. The van der Waals surface area contributed by atoms with Crippen LogP contribution in [0, 0.1) is 24.4 Å². The average Bonchev–Trinajstić information content (AvgIpc) is 2.33. The Morgan fingerprint density at radius 3 is 2.26 bits per heavy atom. The fourth-order valence-electron chi connectivity index (χ4n) is 1.82. The lowest BCUT2D eigenvalue weighted by Crippen LogP contribution is -2.01. The summed E-state index contributed by atoms with van der Waals surface area (Å²) < 4.78 is 40.5. The average molecular weight is 394 g/mol. The van der Waals surface area contributed by atoms with Crippen molar-refractivity contribution in [3.8, 4) is 0 Å². The molecule has 0 saturated heterocycles. The first kappa shape index (κ1) is 14.6. The number of aryl methyl sites for hydroxylation is 1. The molecule has 0 spiro atoms. The van der Waals surface area contributed by atoms with Gasteiger partial charge in [-0.25, -0.2) is 13.2 Å². The molecule has 2 aromatic carbocycles. The predicted octanol–water partition coefficient (Wildman–Crippen LogP) is 5.66. The van der Waals surface area contributed by atoms with Crippen molar-refractivity contribution in [2.75, 3.05) is 0 Å². The molecular formula is C14H9Br2F3. The quantitative estimate of drug-likeness (QED) is 0.456. The molecule has 0 bridgehead atoms. The highest BCUT2D eigenvalue weighted by Crippen LogP contribution is 2.36. The Bertz CT molecular complexity index is 626. The molecule has 0 radical (unpaired) electrons. The second kappa shape index (κ2) is 5.67. The van der Waals surface area contributed by atoms with Crippen molar-refractivity contribution < 1.29 is 13.2 Å². The van der Waals surface area contributed by atoms with Crippen molar-refractivity contribution in [2.24, 2.45) is 0 Å². The molecule has 0 heterocycles. The molecule has 0 N–H and O–H groups in total. The van der Waals surface area contributed by atoms with E-state index < -0.39 is 16.5 Å². The van der Waals surface area contributed by atoms with E-state index in [0.29, 0.717) is 11.1 Å². The van der Waals surface area contributed by atoms with Crippen LogP contribution in [0.3, 0.4) is 0 Å². The van der Waals surface area contributed by atoms with E-state index in [0.717, 1.165) is 12.1 Å². The molecule has 0 aliphatic heterocycles. The number of alkyl halides is 1. The molecule has 19 heavy (non-hydrogen) atoms. The van der Waals surface area contributed by atoms with Gasteiger partial charge in [0, 0.05) is 5.56 Å². The molecule has 1 unspecified atom stereocenters. The summed E-state index contributed by atoms with van der Waals surface area (Å²) in [6.45, 7) is 1.72. The number of benzene rings is 2. The molecule has 0 nitrogen and oxygen atoms in total. The zero-order valence-electron chi connectivity index (χ0n) is 9.85. The van der Waals surface area contributed by atoms with E-state index in [1.807, 2.05) is 0 Å². The van der Waals surface area contributed by atoms with Gasteiger partial charge in [0.25, 0.3) is 0 Å². The van der Waals surface area contributed by atoms with Gasteiger partial charge in [-0.1, -0.05) is 22.0 Å². The molecular weight excluding hydrogens is 385 g/mol. The van der Waals surface area contributed by atoms with Crippen molar-refractivity contribution in [1.82, 2.24) is 0 Å². The predicted molar refractivity (Wildman–Crippen MR) is 76.0 cm³/mol. The van der Waals surface area contributed by atoms with Crippen LogP contribution >= 0.6 is 31.9 Å². The Morgan fingerprint density at radius 2 is 1.63 bits per heavy atom. The summed E-state index contributed by atoms with van der Waals surface area (Å²) in [4.78, 5) is -0.532. The topological polar surface area (TPSA) is 0 Å². The van der Waals surface area contributed by atoms with Gasteiger partial charge in [0.05, 0.1) is 9.30 Å². The summed E-state index contributed by atoms with van der Waals surface area (Å²) in [5.74, 6) is -1.43. The second-order valence-electron chi connectivity index (χ2n) is 4.15. The van der Waals surface area contributed by atoms with E-state index in [1.165, 1.54) is 12.1 Å². The van der Waals surface area contributed by atoms with Crippen LogP contribution in [0.1, 0.15) is 21.5 Å². The van der Waals surface area contributed by atoms with E-state index in [-0.39, 0.29) is 15.9 Å². The van der Waals surface area contributed by atoms with Crippen LogP contribution in [-0.2, 0) is 0 Å². The number of hydrogen-bond donors (Lipinski definition) is 0. The molecule has 0 aliphatic rings. The molecule has 0 saturated carbocycles. The third-order valence-electron chi connectivity index (χ3n) is 2.82. The van der Waals surface area contributed by atoms with Crippen LogP contribution in [-0.4, -0.2) is 0 Å². The van der Waals surface area contributed by atoms with Crippen LogP contribution in [0.5, 0.6) is 0 Å². The first-order valence-electron chi connectivity index (χ1n) is 5.44. The molecule has 1 atom stereocenters. The lowest BCUT2D eigenvalue weighted by Gasteiger charge is -2.15. The summed E-state index contributed by atoms with van der Waals surface area (Å²) >= 11 is 6.26. The zero-order valence-corrected chi connectivity index (χ0v) is 13.0. The van der Waals surface area contributed by atoms with Gasteiger partial charge < -0.3 is 0 Å². The molecule has 0 fully saturated rings. The molecule has 2 aromatic rings. The number of hydrogen-bond acceptors (Lipinski definition) is 0. The van der Waals surface area contributed by atoms with Gasteiger partial charge in [-0.2, -0.15) is 0 Å². The van der Waals surface area contributed by atoms with E-state index >= 15 is 0 Å². The molecule has 0 amide bonds. The molecule has 2 rings (SSSR count). The minimum Gasteiger partial charge on any atom is -0.207 e. The van der Waals surface area contributed by atoms with Crippen LogP contribution in [0.25, 0.3) is 0 Å². The van der Waals surface area contributed by atoms with E-state index in [1.54, 1.807) is 13.0 Å². The Hall–Kier alpha value is -0.810. The maximum atomic E-state index is 13.9. The molecule has 0 aromatic heterocycles. The first-order chi connectivity index (χ1) is 8.90. The molecule has 5 heteroatoms. The van der Waals surface area contributed by atoms with E-state index in [2.05, 4.69) is 31.9 Å². The van der Waals surface area contributed by atoms with Crippen LogP contribution in [0.15, 0.2) is 34.8 Å². The Morgan fingerprint density at radius 1 is 0.947 bits per heavy atom. The molecule has 100 valence electrons. The van der Waals surface area contributed by atoms with Crippen molar-refractivity contribution >= 4 is 31.9 Å². The summed E-state index contributed by atoms with van der Waals surface area (Å²) in [6, 6.07) is 6.42. The Kier molecular flexibility index (Phi) is 4.36. The first-order valence-corrected chi connectivity index (χ1v) is 7.15. The van der Waals surface area contributed by atoms with E-state index in [9.17, 15) is 13.2 Å². The van der Waals surface area contributed by atoms with Crippen molar-refractivity contribution in [3.05, 3.63) is 68.9 Å². The van der Waals surface area contributed by atoms with Crippen molar-refractivity contribution in [1.29, 1.82) is 0 Å². The standard InChI is InChI=1S/C14H9Br2F3/c1-7-4-8(17)2-3-9(7)14(16)10-5-13(19)11(15)6-12(10)18/h2-6,14H,1H3.